The van der Waals surface area contributed by atoms with Crippen molar-refractivity contribution < 1.29 is 9.52 Å². The Labute approximate surface area is 157 Å². The maximum absolute atomic E-state index is 10.0. The van der Waals surface area contributed by atoms with E-state index in [2.05, 4.69) is 59.2 Å². The van der Waals surface area contributed by atoms with Crippen LogP contribution in [0.2, 0.25) is 0 Å². The number of aliphatic hydroxyl groups excluding tert-OH is 1. The highest BCUT2D eigenvalue weighted by Gasteiger charge is 2.20. The minimum atomic E-state index is 0.417. The third-order valence-corrected chi connectivity index (χ3v) is 5.46. The summed E-state index contributed by atoms with van der Waals surface area (Å²) in [5.74, 6) is 0.417. The van der Waals surface area contributed by atoms with Gasteiger partial charge in [-0.15, -0.1) is 0 Å². The van der Waals surface area contributed by atoms with Gasteiger partial charge in [-0.3, -0.25) is 0 Å². The molecule has 3 heterocycles. The number of nitrogens with zero attached hydrogens (tertiary/aromatic N) is 3. The maximum Gasteiger partial charge on any atom is 0.298 e. The fourth-order valence-corrected chi connectivity index (χ4v) is 3.70. The molecule has 0 spiro atoms. The Bertz CT molecular complexity index is 1200. The Morgan fingerprint density at radius 2 is 1.89 bits per heavy atom. The SMILES string of the molecule is CC1=C(O)CN(c2nc3cc(-c4ccc5c(ccn5C)c4)ccc3o2)CC1. The van der Waals surface area contributed by atoms with E-state index in [1.54, 1.807) is 0 Å². The van der Waals surface area contributed by atoms with Crippen molar-refractivity contribution >= 4 is 28.0 Å². The number of aromatic nitrogens is 2. The number of fused-ring (bicyclic) bond motifs is 2. The van der Waals surface area contributed by atoms with Crippen molar-refractivity contribution in [1.29, 1.82) is 0 Å². The van der Waals surface area contributed by atoms with E-state index < -0.39 is 0 Å². The molecule has 0 bridgehead atoms. The molecule has 0 aliphatic carbocycles. The molecule has 2 aromatic heterocycles. The van der Waals surface area contributed by atoms with Gasteiger partial charge in [0.25, 0.3) is 6.01 Å². The molecule has 27 heavy (non-hydrogen) atoms. The van der Waals surface area contributed by atoms with Crippen LogP contribution in [0.3, 0.4) is 0 Å². The molecule has 4 aromatic rings. The fraction of sp³-hybridized carbons (Fsp3) is 0.227. The second-order valence-corrected chi connectivity index (χ2v) is 7.28. The molecule has 0 saturated carbocycles. The van der Waals surface area contributed by atoms with Crippen LogP contribution in [0, 0.1) is 0 Å². The van der Waals surface area contributed by atoms with E-state index in [1.165, 1.54) is 10.9 Å². The molecule has 5 nitrogen and oxygen atoms in total. The Balaban J connectivity index is 1.51. The molecule has 0 saturated heterocycles. The highest BCUT2D eigenvalue weighted by Crippen LogP contribution is 2.30. The topological polar surface area (TPSA) is 54.4 Å². The minimum Gasteiger partial charge on any atom is -0.510 e. The van der Waals surface area contributed by atoms with Gasteiger partial charge in [0.15, 0.2) is 5.58 Å². The molecule has 136 valence electrons. The predicted molar refractivity (Wildman–Crippen MR) is 108 cm³/mol. The molecule has 0 amide bonds. The van der Waals surface area contributed by atoms with Crippen molar-refractivity contribution in [2.75, 3.05) is 18.0 Å². The van der Waals surface area contributed by atoms with Crippen molar-refractivity contribution in [2.24, 2.45) is 7.05 Å². The Kier molecular flexibility index (Phi) is 3.50. The van der Waals surface area contributed by atoms with Crippen LogP contribution in [0.1, 0.15) is 13.3 Å². The van der Waals surface area contributed by atoms with Gasteiger partial charge in [-0.25, -0.2) is 0 Å². The van der Waals surface area contributed by atoms with Crippen LogP contribution in [0.25, 0.3) is 33.1 Å². The second-order valence-electron chi connectivity index (χ2n) is 7.28. The first-order valence-corrected chi connectivity index (χ1v) is 9.17. The van der Waals surface area contributed by atoms with E-state index in [9.17, 15) is 5.11 Å². The first-order valence-electron chi connectivity index (χ1n) is 9.17. The van der Waals surface area contributed by atoms with Crippen LogP contribution in [-0.2, 0) is 7.05 Å². The van der Waals surface area contributed by atoms with Gasteiger partial charge in [0, 0.05) is 30.7 Å². The van der Waals surface area contributed by atoms with Gasteiger partial charge in [0.2, 0.25) is 0 Å². The largest absolute Gasteiger partial charge is 0.510 e. The molecule has 1 aliphatic rings. The molecule has 5 rings (SSSR count). The van der Waals surface area contributed by atoms with Crippen molar-refractivity contribution in [3.05, 3.63) is 60.0 Å². The average molecular weight is 359 g/mol. The maximum atomic E-state index is 10.0. The van der Waals surface area contributed by atoms with E-state index in [4.69, 9.17) is 4.42 Å². The smallest absolute Gasteiger partial charge is 0.298 e. The molecule has 1 aliphatic heterocycles. The molecular weight excluding hydrogens is 338 g/mol. The minimum absolute atomic E-state index is 0.417. The molecule has 5 heteroatoms. The molecular formula is C22H21N3O2. The third-order valence-electron chi connectivity index (χ3n) is 5.46. The summed E-state index contributed by atoms with van der Waals surface area (Å²) in [6, 6.07) is 15.3. The lowest BCUT2D eigenvalue weighted by Crippen LogP contribution is -2.31. The Morgan fingerprint density at radius 3 is 2.74 bits per heavy atom. The number of aryl methyl sites for hydroxylation is 1. The van der Waals surface area contributed by atoms with Crippen LogP contribution in [0.15, 0.2) is 64.4 Å². The lowest BCUT2D eigenvalue weighted by molar-refractivity contribution is 0.374. The van der Waals surface area contributed by atoms with Gasteiger partial charge < -0.3 is 19.0 Å². The summed E-state index contributed by atoms with van der Waals surface area (Å²) in [5.41, 5.74) is 6.14. The van der Waals surface area contributed by atoms with Crippen molar-refractivity contribution in [3.63, 3.8) is 0 Å². The van der Waals surface area contributed by atoms with Gasteiger partial charge in [0.05, 0.1) is 6.54 Å². The van der Waals surface area contributed by atoms with Crippen molar-refractivity contribution in [3.8, 4) is 11.1 Å². The number of oxazole rings is 1. The second kappa shape index (κ2) is 5.91. The van der Waals surface area contributed by atoms with Crippen LogP contribution >= 0.6 is 0 Å². The number of aliphatic hydroxyl groups is 1. The summed E-state index contributed by atoms with van der Waals surface area (Å²) in [6.45, 7) is 3.23. The first-order chi connectivity index (χ1) is 13.1. The normalized spacial score (nSPS) is 15.3. The van der Waals surface area contributed by atoms with Gasteiger partial charge in [-0.2, -0.15) is 4.98 Å². The van der Waals surface area contributed by atoms with E-state index in [-0.39, 0.29) is 0 Å². The highest BCUT2D eigenvalue weighted by molar-refractivity contribution is 5.88. The van der Waals surface area contributed by atoms with E-state index in [0.29, 0.717) is 18.3 Å². The zero-order chi connectivity index (χ0) is 18.5. The van der Waals surface area contributed by atoms with E-state index in [1.807, 2.05) is 17.9 Å². The van der Waals surface area contributed by atoms with Gasteiger partial charge in [-0.1, -0.05) is 12.1 Å². The monoisotopic (exact) mass is 359 g/mol. The summed E-state index contributed by atoms with van der Waals surface area (Å²) in [4.78, 5) is 6.65. The summed E-state index contributed by atoms with van der Waals surface area (Å²) in [7, 11) is 2.06. The number of anilines is 1. The summed E-state index contributed by atoms with van der Waals surface area (Å²) >= 11 is 0. The quantitative estimate of drug-likeness (QED) is 0.545. The summed E-state index contributed by atoms with van der Waals surface area (Å²) < 4.78 is 8.05. The van der Waals surface area contributed by atoms with Crippen LogP contribution in [0.5, 0.6) is 0 Å². The Hall–Kier alpha value is -3.21. The average Bonchev–Trinajstić information content (AvgIpc) is 3.27. The molecule has 2 aromatic carbocycles. The third kappa shape index (κ3) is 2.67. The highest BCUT2D eigenvalue weighted by atomic mass is 16.4. The van der Waals surface area contributed by atoms with E-state index in [0.717, 1.165) is 40.8 Å². The van der Waals surface area contributed by atoms with Crippen LogP contribution in [0.4, 0.5) is 6.01 Å². The number of hydrogen-bond acceptors (Lipinski definition) is 4. The first kappa shape index (κ1) is 16.0. The molecule has 0 fully saturated rings. The van der Waals surface area contributed by atoms with Gasteiger partial charge >= 0.3 is 0 Å². The number of benzene rings is 2. The van der Waals surface area contributed by atoms with Gasteiger partial charge in [0.1, 0.15) is 11.3 Å². The van der Waals surface area contributed by atoms with Crippen LogP contribution in [-0.4, -0.2) is 27.7 Å². The molecule has 1 N–H and O–H groups in total. The Morgan fingerprint density at radius 1 is 1.07 bits per heavy atom. The fourth-order valence-electron chi connectivity index (χ4n) is 3.70. The summed E-state index contributed by atoms with van der Waals surface area (Å²) in [5, 5.41) is 11.3. The zero-order valence-electron chi connectivity index (χ0n) is 15.4. The van der Waals surface area contributed by atoms with Crippen LogP contribution < -0.4 is 4.90 Å². The molecule has 0 unspecified atom stereocenters. The molecule has 0 radical (unpaired) electrons. The van der Waals surface area contributed by atoms with Gasteiger partial charge in [-0.05, 0) is 60.4 Å². The van der Waals surface area contributed by atoms with Crippen molar-refractivity contribution in [1.82, 2.24) is 9.55 Å². The summed E-state index contributed by atoms with van der Waals surface area (Å²) in [6.07, 6.45) is 2.90. The number of hydrogen-bond donors (Lipinski definition) is 1. The van der Waals surface area contributed by atoms with E-state index >= 15 is 0 Å². The van der Waals surface area contributed by atoms with Crippen molar-refractivity contribution in [2.45, 2.75) is 13.3 Å². The molecule has 0 atom stereocenters. The predicted octanol–water partition coefficient (Wildman–Crippen LogP) is 5.03. The lowest BCUT2D eigenvalue weighted by Gasteiger charge is -2.25. The zero-order valence-corrected chi connectivity index (χ0v) is 15.4. The standard InChI is InChI=1S/C22H21N3O2/c1-14-7-10-25(13-20(14)26)22-23-18-12-16(4-6-21(18)27-22)15-3-5-19-17(11-15)8-9-24(19)2/h3-6,8-9,11-12,26H,7,10,13H2,1-2H3. The number of rotatable bonds is 2. The lowest BCUT2D eigenvalue weighted by atomic mass is 10.0.